The number of nitrogens with zero attached hydrogens (tertiary/aromatic N) is 6. The van der Waals surface area contributed by atoms with E-state index in [4.69, 9.17) is 34.8 Å². The van der Waals surface area contributed by atoms with Gasteiger partial charge in [0, 0.05) is 52.1 Å². The van der Waals surface area contributed by atoms with Crippen LogP contribution in [0.4, 0.5) is 11.6 Å². The van der Waals surface area contributed by atoms with E-state index in [0.717, 1.165) is 35.2 Å². The quantitative estimate of drug-likeness (QED) is 0.182. The van der Waals surface area contributed by atoms with Crippen LogP contribution in [-0.4, -0.2) is 47.6 Å². The fourth-order valence-corrected chi connectivity index (χ4v) is 7.41. The summed E-state index contributed by atoms with van der Waals surface area (Å²) >= 11 is 18.8. The van der Waals surface area contributed by atoms with Gasteiger partial charge < -0.3 is 10.6 Å². The number of carbonyl (C=O) groups is 3. The Morgan fingerprint density at radius 2 is 1.56 bits per heavy atom. The van der Waals surface area contributed by atoms with E-state index in [1.807, 2.05) is 37.5 Å². The number of hydrogen-bond donors (Lipinski definition) is 2. The fraction of sp³-hybridized carbons (Fsp3) is 0.278. The van der Waals surface area contributed by atoms with Gasteiger partial charge in [0.25, 0.3) is 11.8 Å². The Hall–Kier alpha value is -4.71. The molecule has 50 heavy (non-hydrogen) atoms. The maximum absolute atomic E-state index is 14.4. The minimum atomic E-state index is -1.27. The molecular formula is C36H31Cl3N8O3. The van der Waals surface area contributed by atoms with Crippen LogP contribution < -0.4 is 15.5 Å². The summed E-state index contributed by atoms with van der Waals surface area (Å²) in [6, 6.07) is 15.9. The Kier molecular flexibility index (Phi) is 7.59. The molecule has 3 aliphatic rings. The number of aromatic nitrogens is 5. The van der Waals surface area contributed by atoms with Crippen molar-refractivity contribution in [1.82, 2.24) is 34.9 Å². The van der Waals surface area contributed by atoms with Gasteiger partial charge in [0.2, 0.25) is 11.9 Å². The molecule has 8 rings (SSSR count). The second-order valence-corrected chi connectivity index (χ2v) is 14.8. The van der Waals surface area contributed by atoms with Gasteiger partial charge in [0.15, 0.2) is 0 Å². The average Bonchev–Trinajstić information content (AvgIpc) is 3.93. The van der Waals surface area contributed by atoms with Crippen molar-refractivity contribution in [3.8, 4) is 11.1 Å². The molecule has 14 heteroatoms. The van der Waals surface area contributed by atoms with E-state index in [-0.39, 0.29) is 29.9 Å². The number of benzene rings is 2. The summed E-state index contributed by atoms with van der Waals surface area (Å²) in [7, 11) is 1.86. The smallest absolute Gasteiger partial charge is 0.270 e. The number of halogens is 3. The largest absolute Gasteiger partial charge is 0.343 e. The molecule has 0 unspecified atom stereocenters. The number of fused-ring (bicyclic) bond motifs is 1. The Morgan fingerprint density at radius 3 is 2.16 bits per heavy atom. The summed E-state index contributed by atoms with van der Waals surface area (Å²) in [4.78, 5) is 53.0. The van der Waals surface area contributed by atoms with Crippen LogP contribution in [0, 0.1) is 0 Å². The highest BCUT2D eigenvalue weighted by Crippen LogP contribution is 2.48. The van der Waals surface area contributed by atoms with E-state index in [2.05, 4.69) is 25.7 Å². The minimum Gasteiger partial charge on any atom is -0.343 e. The van der Waals surface area contributed by atoms with Crippen molar-refractivity contribution in [3.63, 3.8) is 0 Å². The van der Waals surface area contributed by atoms with Crippen molar-refractivity contribution in [3.05, 3.63) is 111 Å². The number of pyridine rings is 1. The monoisotopic (exact) mass is 728 g/mol. The lowest BCUT2D eigenvalue weighted by molar-refractivity contribution is -0.125. The van der Waals surface area contributed by atoms with E-state index < -0.39 is 22.5 Å². The van der Waals surface area contributed by atoms with Crippen molar-refractivity contribution in [2.75, 3.05) is 4.90 Å². The van der Waals surface area contributed by atoms with Gasteiger partial charge in [-0.15, -0.1) is 0 Å². The van der Waals surface area contributed by atoms with Gasteiger partial charge in [-0.1, -0.05) is 53.0 Å². The van der Waals surface area contributed by atoms with Gasteiger partial charge in [0.1, 0.15) is 16.8 Å². The second-order valence-electron chi connectivity index (χ2n) is 13.5. The molecule has 0 saturated heterocycles. The Labute approximate surface area is 302 Å². The predicted molar refractivity (Wildman–Crippen MR) is 190 cm³/mol. The summed E-state index contributed by atoms with van der Waals surface area (Å²) in [5, 5.41) is 11.7. The van der Waals surface area contributed by atoms with Crippen molar-refractivity contribution in [2.24, 2.45) is 7.05 Å². The molecule has 0 bridgehead atoms. The summed E-state index contributed by atoms with van der Waals surface area (Å²) < 4.78 is 3.37. The standard InChI is InChI=1S/C36H31Cl3N8O3/c1-34(16-21-3-6-24(37)7-4-21)32(50)46(27-14-25(38)13-26(39)15-27)33-41-19-28(47(33)34)30(48)43-36(11-12-36)31(49)44-35(9-10-35)29-8-5-22(17-40-29)23-18-42-45(2)20-23/h3-8,13-15,17-20H,9-12,16H2,1-2H3,(H,43,48)(H,44,49)/t34-/m1/s1. The molecule has 3 aromatic heterocycles. The third-order valence-corrected chi connectivity index (χ3v) is 10.5. The van der Waals surface area contributed by atoms with E-state index in [1.54, 1.807) is 58.9 Å². The molecule has 3 amide bonds. The first kappa shape index (κ1) is 32.5. The number of anilines is 2. The Bertz CT molecular complexity index is 2170. The number of aryl methyl sites for hydroxylation is 1. The molecule has 2 saturated carbocycles. The van der Waals surface area contributed by atoms with E-state index in [0.29, 0.717) is 33.6 Å². The van der Waals surface area contributed by atoms with E-state index in [9.17, 15) is 14.4 Å². The van der Waals surface area contributed by atoms with Crippen LogP contribution in [0.3, 0.4) is 0 Å². The predicted octanol–water partition coefficient (Wildman–Crippen LogP) is 6.34. The number of hydrogen-bond acceptors (Lipinski definition) is 6. The van der Waals surface area contributed by atoms with Crippen LogP contribution in [0.25, 0.3) is 11.1 Å². The number of amides is 3. The first-order valence-corrected chi connectivity index (χ1v) is 17.3. The van der Waals surface area contributed by atoms with Crippen LogP contribution in [0.5, 0.6) is 0 Å². The number of carbonyl (C=O) groups excluding carboxylic acids is 3. The van der Waals surface area contributed by atoms with Gasteiger partial charge in [-0.05, 0) is 74.6 Å². The maximum atomic E-state index is 14.4. The molecule has 5 aromatic rings. The van der Waals surface area contributed by atoms with Crippen molar-refractivity contribution >= 4 is 64.2 Å². The Morgan fingerprint density at radius 1 is 0.840 bits per heavy atom. The molecule has 1 atom stereocenters. The summed E-state index contributed by atoms with van der Waals surface area (Å²) in [6.07, 6.45) is 9.59. The van der Waals surface area contributed by atoms with Gasteiger partial charge in [-0.3, -0.25) is 28.6 Å². The zero-order chi connectivity index (χ0) is 35.0. The zero-order valence-corrected chi connectivity index (χ0v) is 29.4. The lowest BCUT2D eigenvalue weighted by Gasteiger charge is -2.27. The van der Waals surface area contributed by atoms with Crippen LogP contribution in [-0.2, 0) is 34.1 Å². The summed E-state index contributed by atoms with van der Waals surface area (Å²) in [6.45, 7) is 1.76. The van der Waals surface area contributed by atoms with E-state index in [1.165, 1.54) is 11.1 Å². The third kappa shape index (κ3) is 5.53. The minimum absolute atomic E-state index is 0.147. The lowest BCUT2D eigenvalue weighted by Crippen LogP contribution is -2.52. The van der Waals surface area contributed by atoms with Crippen LogP contribution in [0.15, 0.2) is 79.4 Å². The average molecular weight is 730 g/mol. The third-order valence-electron chi connectivity index (χ3n) is 9.83. The molecule has 254 valence electrons. The van der Waals surface area contributed by atoms with Gasteiger partial charge in [0.05, 0.1) is 29.3 Å². The van der Waals surface area contributed by atoms with Gasteiger partial charge in [-0.25, -0.2) is 9.88 Å². The van der Waals surface area contributed by atoms with Gasteiger partial charge in [-0.2, -0.15) is 5.10 Å². The molecule has 1 aliphatic heterocycles. The molecule has 2 aliphatic carbocycles. The van der Waals surface area contributed by atoms with Crippen molar-refractivity contribution in [1.29, 1.82) is 0 Å². The molecule has 11 nitrogen and oxygen atoms in total. The highest BCUT2D eigenvalue weighted by Gasteiger charge is 2.57. The van der Waals surface area contributed by atoms with Crippen LogP contribution in [0.2, 0.25) is 15.1 Å². The molecule has 0 radical (unpaired) electrons. The maximum Gasteiger partial charge on any atom is 0.270 e. The second kappa shape index (κ2) is 11.7. The van der Waals surface area contributed by atoms with Crippen LogP contribution in [0.1, 0.15) is 54.4 Å². The zero-order valence-electron chi connectivity index (χ0n) is 27.1. The molecule has 2 N–H and O–H groups in total. The highest BCUT2D eigenvalue weighted by atomic mass is 35.5. The molecule has 2 fully saturated rings. The topological polar surface area (TPSA) is 127 Å². The number of imidazole rings is 1. The first-order chi connectivity index (χ1) is 23.9. The summed E-state index contributed by atoms with van der Waals surface area (Å²) in [5.41, 5.74) is 1.09. The van der Waals surface area contributed by atoms with E-state index >= 15 is 0 Å². The van der Waals surface area contributed by atoms with Crippen molar-refractivity contribution < 1.29 is 14.4 Å². The SMILES string of the molecule is Cn1cc(-c2ccc(C3(NC(=O)C4(NC(=O)c5cnc6n5[C@](C)(Cc5ccc(Cl)cc5)C(=O)N6c5cc(Cl)cc(Cl)c5)CC4)CC3)nc2)cn1. The molecule has 0 spiro atoms. The number of nitrogens with one attached hydrogen (secondary N) is 2. The molecule has 4 heterocycles. The van der Waals surface area contributed by atoms with Crippen LogP contribution >= 0.6 is 34.8 Å². The van der Waals surface area contributed by atoms with Crippen molar-refractivity contribution in [2.45, 2.75) is 55.6 Å². The first-order valence-electron chi connectivity index (χ1n) is 16.1. The normalized spacial score (nSPS) is 19.6. The lowest BCUT2D eigenvalue weighted by atomic mass is 9.91. The fourth-order valence-electron chi connectivity index (χ4n) is 6.77. The highest BCUT2D eigenvalue weighted by molar-refractivity contribution is 6.35. The number of rotatable bonds is 9. The van der Waals surface area contributed by atoms with Gasteiger partial charge >= 0.3 is 0 Å². The molecular weight excluding hydrogens is 699 g/mol. The Balaban J connectivity index is 1.07. The summed E-state index contributed by atoms with van der Waals surface area (Å²) in [5.74, 6) is -0.860. The molecule has 2 aromatic carbocycles.